The van der Waals surface area contributed by atoms with Crippen LogP contribution in [0.1, 0.15) is 24.1 Å². The Morgan fingerprint density at radius 2 is 1.88 bits per heavy atom. The molecule has 0 aliphatic carbocycles. The lowest BCUT2D eigenvalue weighted by Crippen LogP contribution is -2.30. The third-order valence-corrected chi connectivity index (χ3v) is 5.12. The molecule has 0 spiro atoms. The lowest BCUT2D eigenvalue weighted by Gasteiger charge is -2.18. The first-order chi connectivity index (χ1) is 15.3. The van der Waals surface area contributed by atoms with Crippen molar-refractivity contribution in [1.82, 2.24) is 20.1 Å². The molecule has 0 saturated heterocycles. The van der Waals surface area contributed by atoms with E-state index >= 15 is 0 Å². The van der Waals surface area contributed by atoms with Crippen molar-refractivity contribution in [3.8, 4) is 5.69 Å². The van der Waals surface area contributed by atoms with Crippen LogP contribution >= 0.6 is 0 Å². The van der Waals surface area contributed by atoms with Gasteiger partial charge >= 0.3 is 6.18 Å². The van der Waals surface area contributed by atoms with Crippen LogP contribution < -0.4 is 10.6 Å². The van der Waals surface area contributed by atoms with Gasteiger partial charge in [-0.1, -0.05) is 42.5 Å². The second-order valence-corrected chi connectivity index (χ2v) is 7.29. The Bertz CT molecular complexity index is 1230. The first kappa shape index (κ1) is 21.5. The molecule has 1 unspecified atom stereocenters. The van der Waals surface area contributed by atoms with Crippen molar-refractivity contribution < 1.29 is 18.0 Å². The zero-order valence-electron chi connectivity index (χ0n) is 17.1. The molecule has 9 heteroatoms. The van der Waals surface area contributed by atoms with Crippen LogP contribution in [0.4, 0.5) is 18.9 Å². The van der Waals surface area contributed by atoms with Crippen molar-refractivity contribution in [3.05, 3.63) is 84.4 Å². The zero-order chi connectivity index (χ0) is 22.7. The summed E-state index contributed by atoms with van der Waals surface area (Å²) >= 11 is 0. The molecule has 1 heterocycles. The molecule has 0 radical (unpaired) electrons. The van der Waals surface area contributed by atoms with Gasteiger partial charge in [0.05, 0.1) is 23.5 Å². The maximum absolute atomic E-state index is 13.2. The Balaban J connectivity index is 1.51. The summed E-state index contributed by atoms with van der Waals surface area (Å²) in [5.74, 6) is -0.474. The summed E-state index contributed by atoms with van der Waals surface area (Å²) in [6, 6.07) is 16.8. The predicted octanol–water partition coefficient (Wildman–Crippen LogP) is 4.73. The standard InChI is InChI=1S/C23H20F3N5O/c1-15(18-8-4-6-16-5-2-3-7-19(16)18)28-12-22(32)30-20-11-17(23(24,25)26)9-10-21(20)31-14-27-13-29-31/h2-11,13-15,28H,12H2,1H3,(H,30,32). The van der Waals surface area contributed by atoms with Gasteiger partial charge in [-0.2, -0.15) is 18.3 Å². The molecule has 4 rings (SSSR count). The maximum atomic E-state index is 13.2. The maximum Gasteiger partial charge on any atom is 0.416 e. The number of benzene rings is 3. The fraction of sp³-hybridized carbons (Fsp3) is 0.174. The SMILES string of the molecule is CC(NCC(=O)Nc1cc(C(F)(F)F)ccc1-n1cncn1)c1cccc2ccccc12. The summed E-state index contributed by atoms with van der Waals surface area (Å²) in [6.45, 7) is 1.84. The predicted molar refractivity (Wildman–Crippen MR) is 115 cm³/mol. The highest BCUT2D eigenvalue weighted by Gasteiger charge is 2.31. The Hall–Kier alpha value is -3.72. The Kier molecular flexibility index (Phi) is 5.91. The number of alkyl halides is 3. The number of rotatable bonds is 6. The number of fused-ring (bicyclic) bond motifs is 1. The number of nitrogens with one attached hydrogen (secondary N) is 2. The molecule has 0 saturated carbocycles. The van der Waals surface area contributed by atoms with Crippen LogP contribution in [-0.2, 0) is 11.0 Å². The van der Waals surface area contributed by atoms with E-state index in [9.17, 15) is 18.0 Å². The lowest BCUT2D eigenvalue weighted by atomic mass is 10.00. The van der Waals surface area contributed by atoms with Crippen LogP contribution in [0.25, 0.3) is 16.5 Å². The quantitative estimate of drug-likeness (QED) is 0.456. The molecule has 4 aromatic rings. The van der Waals surface area contributed by atoms with E-state index in [2.05, 4.69) is 20.7 Å². The normalized spacial score (nSPS) is 12.6. The molecule has 0 bridgehead atoms. The van der Waals surface area contributed by atoms with E-state index in [4.69, 9.17) is 0 Å². The number of halogens is 3. The first-order valence-corrected chi connectivity index (χ1v) is 9.90. The van der Waals surface area contributed by atoms with Crippen molar-refractivity contribution >= 4 is 22.4 Å². The van der Waals surface area contributed by atoms with E-state index in [1.807, 2.05) is 49.4 Å². The van der Waals surface area contributed by atoms with Gasteiger partial charge in [0.15, 0.2) is 0 Å². The summed E-state index contributed by atoms with van der Waals surface area (Å²) < 4.78 is 40.9. The van der Waals surface area contributed by atoms with E-state index in [0.29, 0.717) is 0 Å². The molecule has 0 aliphatic heterocycles. The number of amides is 1. The number of carbonyl (C=O) groups excluding carboxylic acids is 1. The summed E-state index contributed by atoms with van der Waals surface area (Å²) in [5.41, 5.74) is 0.438. The lowest BCUT2D eigenvalue weighted by molar-refractivity contribution is -0.137. The van der Waals surface area contributed by atoms with Gasteiger partial charge in [-0.05, 0) is 41.5 Å². The molecule has 6 nitrogen and oxygen atoms in total. The molecule has 32 heavy (non-hydrogen) atoms. The number of hydrogen-bond donors (Lipinski definition) is 2. The van der Waals surface area contributed by atoms with Gasteiger partial charge in [-0.3, -0.25) is 4.79 Å². The van der Waals surface area contributed by atoms with Crippen molar-refractivity contribution in [2.45, 2.75) is 19.1 Å². The smallest absolute Gasteiger partial charge is 0.323 e. The summed E-state index contributed by atoms with van der Waals surface area (Å²) in [7, 11) is 0. The molecule has 3 aromatic carbocycles. The van der Waals surface area contributed by atoms with E-state index in [1.165, 1.54) is 23.4 Å². The number of aromatic nitrogens is 3. The highest BCUT2D eigenvalue weighted by molar-refractivity contribution is 5.94. The fourth-order valence-corrected chi connectivity index (χ4v) is 3.52. The highest BCUT2D eigenvalue weighted by Crippen LogP contribution is 2.33. The molecule has 0 aliphatic rings. The van der Waals surface area contributed by atoms with Gasteiger partial charge in [-0.25, -0.2) is 9.67 Å². The first-order valence-electron chi connectivity index (χ1n) is 9.90. The van der Waals surface area contributed by atoms with E-state index < -0.39 is 17.6 Å². The molecular weight excluding hydrogens is 419 g/mol. The summed E-state index contributed by atoms with van der Waals surface area (Å²) in [5, 5.41) is 11.8. The molecular formula is C23H20F3N5O. The number of nitrogens with zero attached hydrogens (tertiary/aromatic N) is 3. The van der Waals surface area contributed by atoms with Gasteiger partial charge in [0.2, 0.25) is 5.91 Å². The minimum absolute atomic E-state index is 0.00469. The average Bonchev–Trinajstić information content (AvgIpc) is 3.31. The van der Waals surface area contributed by atoms with Crippen LogP contribution in [0.2, 0.25) is 0 Å². The molecule has 1 amide bonds. The van der Waals surface area contributed by atoms with E-state index in [-0.39, 0.29) is 24.0 Å². The average molecular weight is 439 g/mol. The Morgan fingerprint density at radius 3 is 2.62 bits per heavy atom. The van der Waals surface area contributed by atoms with Crippen LogP contribution in [0.3, 0.4) is 0 Å². The number of hydrogen-bond acceptors (Lipinski definition) is 4. The van der Waals surface area contributed by atoms with Gasteiger partial charge in [0.1, 0.15) is 12.7 Å². The fourth-order valence-electron chi connectivity index (χ4n) is 3.52. The minimum Gasteiger partial charge on any atom is -0.323 e. The molecule has 0 fully saturated rings. The van der Waals surface area contributed by atoms with Crippen molar-refractivity contribution in [2.75, 3.05) is 11.9 Å². The number of carbonyl (C=O) groups is 1. The molecule has 164 valence electrons. The number of anilines is 1. The second kappa shape index (κ2) is 8.80. The molecule has 1 aromatic heterocycles. The van der Waals surface area contributed by atoms with Crippen LogP contribution in [0.5, 0.6) is 0 Å². The van der Waals surface area contributed by atoms with Crippen molar-refractivity contribution in [2.24, 2.45) is 0 Å². The zero-order valence-corrected chi connectivity index (χ0v) is 17.1. The summed E-state index contributed by atoms with van der Waals surface area (Å²) in [4.78, 5) is 16.4. The van der Waals surface area contributed by atoms with Gasteiger partial charge in [0.25, 0.3) is 0 Å². The van der Waals surface area contributed by atoms with Crippen LogP contribution in [-0.4, -0.2) is 27.2 Å². The molecule has 2 N–H and O–H groups in total. The monoisotopic (exact) mass is 439 g/mol. The van der Waals surface area contributed by atoms with Crippen molar-refractivity contribution in [1.29, 1.82) is 0 Å². The Labute approximate surface area is 182 Å². The Morgan fingerprint density at radius 1 is 1.09 bits per heavy atom. The third kappa shape index (κ3) is 4.62. The van der Waals surface area contributed by atoms with E-state index in [0.717, 1.165) is 28.5 Å². The topological polar surface area (TPSA) is 71.8 Å². The van der Waals surface area contributed by atoms with Crippen molar-refractivity contribution in [3.63, 3.8) is 0 Å². The second-order valence-electron chi connectivity index (χ2n) is 7.29. The largest absolute Gasteiger partial charge is 0.416 e. The summed E-state index contributed by atoms with van der Waals surface area (Å²) in [6.07, 6.45) is -1.93. The molecule has 1 atom stereocenters. The van der Waals surface area contributed by atoms with Gasteiger partial charge in [-0.15, -0.1) is 0 Å². The minimum atomic E-state index is -4.54. The van der Waals surface area contributed by atoms with E-state index in [1.54, 1.807) is 0 Å². The van der Waals surface area contributed by atoms with Gasteiger partial charge < -0.3 is 10.6 Å². The highest BCUT2D eigenvalue weighted by atomic mass is 19.4. The van der Waals surface area contributed by atoms with Crippen LogP contribution in [0.15, 0.2) is 73.3 Å². The van der Waals surface area contributed by atoms with Gasteiger partial charge in [0, 0.05) is 6.04 Å². The van der Waals surface area contributed by atoms with Crippen LogP contribution in [0, 0.1) is 0 Å². The third-order valence-electron chi connectivity index (χ3n) is 5.12.